The van der Waals surface area contributed by atoms with Crippen molar-refractivity contribution in [1.29, 1.82) is 0 Å². The minimum atomic E-state index is -1.05. The van der Waals surface area contributed by atoms with Crippen molar-refractivity contribution in [1.82, 2.24) is 9.97 Å². The lowest BCUT2D eigenvalue weighted by molar-refractivity contribution is -0.117. The van der Waals surface area contributed by atoms with E-state index in [-0.39, 0.29) is 18.0 Å². The van der Waals surface area contributed by atoms with Crippen molar-refractivity contribution >= 4 is 28.7 Å². The van der Waals surface area contributed by atoms with Gasteiger partial charge >= 0.3 is 5.97 Å². The summed E-state index contributed by atoms with van der Waals surface area (Å²) < 4.78 is 23.3. The molecule has 0 radical (unpaired) electrons. The van der Waals surface area contributed by atoms with Gasteiger partial charge in [-0.25, -0.2) is 19.2 Å². The summed E-state index contributed by atoms with van der Waals surface area (Å²) >= 11 is 0. The number of fused-ring (bicyclic) bond motifs is 1. The Morgan fingerprint density at radius 3 is 2.85 bits per heavy atom. The number of esters is 1. The molecule has 4 rings (SSSR count). The highest BCUT2D eigenvalue weighted by Gasteiger charge is 2.43. The van der Waals surface area contributed by atoms with Gasteiger partial charge in [0, 0.05) is 17.4 Å². The van der Waals surface area contributed by atoms with E-state index in [1.54, 1.807) is 24.3 Å². The number of carbonyl (C=O) groups excluding carboxylic acids is 2. The highest BCUT2D eigenvalue weighted by atomic mass is 19.1. The van der Waals surface area contributed by atoms with Gasteiger partial charge in [-0.2, -0.15) is 0 Å². The number of oxazole rings is 1. The molecule has 2 aromatic heterocycles. The number of benzene rings is 1. The van der Waals surface area contributed by atoms with Crippen molar-refractivity contribution in [3.05, 3.63) is 42.2 Å². The topological polar surface area (TPSA) is 94.3 Å². The van der Waals surface area contributed by atoms with E-state index in [4.69, 9.17) is 4.42 Å². The normalized spacial score (nSPS) is 18.5. The van der Waals surface area contributed by atoms with E-state index in [1.807, 2.05) is 0 Å². The van der Waals surface area contributed by atoms with E-state index in [0.717, 1.165) is 0 Å². The number of aromatic nitrogens is 2. The lowest BCUT2D eigenvalue weighted by atomic mass is 10.2. The second kappa shape index (κ2) is 6.21. The Hall–Kier alpha value is -3.29. The zero-order chi connectivity index (χ0) is 18.3. The van der Waals surface area contributed by atoms with Crippen LogP contribution in [0.2, 0.25) is 0 Å². The van der Waals surface area contributed by atoms with E-state index in [2.05, 4.69) is 20.0 Å². The van der Waals surface area contributed by atoms with Crippen LogP contribution in [0.4, 0.5) is 10.1 Å². The number of hydrogen-bond acceptors (Lipinski definition) is 6. The lowest BCUT2D eigenvalue weighted by Gasteiger charge is -2.02. The Balaban J connectivity index is 1.61. The number of anilines is 1. The zero-order valence-corrected chi connectivity index (χ0v) is 13.7. The first kappa shape index (κ1) is 16.2. The first-order chi connectivity index (χ1) is 12.5. The van der Waals surface area contributed by atoms with Crippen molar-refractivity contribution in [3.63, 3.8) is 0 Å². The second-order valence-electron chi connectivity index (χ2n) is 5.97. The number of nitrogens with zero attached hydrogens (tertiary/aromatic N) is 2. The molecule has 0 bridgehead atoms. The molecule has 2 atom stereocenters. The maximum atomic E-state index is 13.0. The maximum Gasteiger partial charge on any atom is 0.356 e. The molecule has 0 aliphatic heterocycles. The van der Waals surface area contributed by atoms with E-state index < -0.39 is 18.1 Å². The molecule has 26 heavy (non-hydrogen) atoms. The van der Waals surface area contributed by atoms with Crippen LogP contribution in [0.15, 0.2) is 40.9 Å². The second-order valence-corrected chi connectivity index (χ2v) is 5.97. The number of pyridine rings is 1. The molecular formula is C18H14FN3O4. The molecule has 1 aliphatic rings. The van der Waals surface area contributed by atoms with Crippen LogP contribution in [0.3, 0.4) is 0 Å². The molecular weight excluding hydrogens is 341 g/mol. The van der Waals surface area contributed by atoms with Crippen LogP contribution in [-0.4, -0.2) is 35.1 Å². The molecule has 1 amide bonds. The van der Waals surface area contributed by atoms with Crippen molar-refractivity contribution in [2.45, 2.75) is 12.6 Å². The minimum absolute atomic E-state index is 0.144. The third-order valence-corrected chi connectivity index (χ3v) is 4.11. The van der Waals surface area contributed by atoms with Crippen LogP contribution in [0.1, 0.15) is 16.9 Å². The molecule has 0 spiro atoms. The highest BCUT2D eigenvalue weighted by Crippen LogP contribution is 2.35. The van der Waals surface area contributed by atoms with Gasteiger partial charge in [-0.05, 0) is 36.8 Å². The van der Waals surface area contributed by atoms with E-state index in [9.17, 15) is 14.0 Å². The van der Waals surface area contributed by atoms with E-state index in [0.29, 0.717) is 28.2 Å². The van der Waals surface area contributed by atoms with Gasteiger partial charge in [-0.3, -0.25) is 4.79 Å². The molecule has 3 aromatic rings. The van der Waals surface area contributed by atoms with Crippen LogP contribution < -0.4 is 5.32 Å². The van der Waals surface area contributed by atoms with Crippen molar-refractivity contribution in [3.8, 4) is 11.5 Å². The molecule has 0 saturated heterocycles. The molecule has 8 heteroatoms. The number of halogens is 1. The fourth-order valence-electron chi connectivity index (χ4n) is 2.58. The third-order valence-electron chi connectivity index (χ3n) is 4.11. The Morgan fingerprint density at radius 2 is 2.12 bits per heavy atom. The summed E-state index contributed by atoms with van der Waals surface area (Å²) in [5, 5.41) is 2.68. The molecule has 1 aliphatic carbocycles. The quantitative estimate of drug-likeness (QED) is 0.723. The van der Waals surface area contributed by atoms with Gasteiger partial charge in [-0.15, -0.1) is 0 Å². The molecule has 132 valence electrons. The monoisotopic (exact) mass is 355 g/mol. The molecule has 1 aromatic carbocycles. The van der Waals surface area contributed by atoms with Crippen LogP contribution >= 0.6 is 0 Å². The highest BCUT2D eigenvalue weighted by molar-refractivity contribution is 5.96. The number of hydrogen-bond donors (Lipinski definition) is 1. The average Bonchev–Trinajstić information content (AvgIpc) is 3.24. The predicted octanol–water partition coefficient (Wildman–Crippen LogP) is 2.97. The Bertz CT molecular complexity index is 1020. The van der Waals surface area contributed by atoms with Crippen LogP contribution in [-0.2, 0) is 9.53 Å². The van der Waals surface area contributed by atoms with Gasteiger partial charge in [0.15, 0.2) is 5.58 Å². The Labute approximate surface area is 147 Å². The third kappa shape index (κ3) is 3.01. The first-order valence-electron chi connectivity index (χ1n) is 7.95. The van der Waals surface area contributed by atoms with Gasteiger partial charge in [0.1, 0.15) is 17.4 Å². The number of amides is 1. The van der Waals surface area contributed by atoms with E-state index >= 15 is 0 Å². The van der Waals surface area contributed by atoms with Crippen molar-refractivity contribution in [2.24, 2.45) is 5.92 Å². The summed E-state index contributed by atoms with van der Waals surface area (Å²) in [4.78, 5) is 31.8. The standard InChI is InChI=1S/C18H14FN3O4/c1-25-18(24)14-6-9(4-5-20-14)17-22-13-7-10(2-3-15(13)26-17)21-16(23)11-8-12(11)19/h2-7,11-12H,8H2,1H3,(H,21,23)/t11-,12-/m0/s1. The average molecular weight is 355 g/mol. The van der Waals surface area contributed by atoms with Crippen molar-refractivity contribution < 1.29 is 23.1 Å². The molecule has 2 heterocycles. The Morgan fingerprint density at radius 1 is 1.31 bits per heavy atom. The lowest BCUT2D eigenvalue weighted by Crippen LogP contribution is -2.14. The van der Waals surface area contributed by atoms with Crippen LogP contribution in [0, 0.1) is 5.92 Å². The molecule has 1 saturated carbocycles. The fourth-order valence-corrected chi connectivity index (χ4v) is 2.58. The van der Waals surface area contributed by atoms with Crippen molar-refractivity contribution in [2.75, 3.05) is 12.4 Å². The first-order valence-corrected chi connectivity index (χ1v) is 7.95. The number of alkyl halides is 1. The SMILES string of the molecule is COC(=O)c1cc(-c2nc3cc(NC(=O)[C@H]4C[C@@H]4F)ccc3o2)ccn1. The molecule has 1 N–H and O–H groups in total. The van der Waals surface area contributed by atoms with Gasteiger partial charge in [0.05, 0.1) is 13.0 Å². The fraction of sp³-hybridized carbons (Fsp3) is 0.222. The summed E-state index contributed by atoms with van der Waals surface area (Å²) in [7, 11) is 1.28. The summed E-state index contributed by atoms with van der Waals surface area (Å²) in [6, 6.07) is 8.17. The molecule has 7 nitrogen and oxygen atoms in total. The van der Waals surface area contributed by atoms with Gasteiger partial charge < -0.3 is 14.5 Å². The van der Waals surface area contributed by atoms with E-state index in [1.165, 1.54) is 19.4 Å². The summed E-state index contributed by atoms with van der Waals surface area (Å²) in [6.07, 6.45) is 0.686. The van der Waals surface area contributed by atoms with Gasteiger partial charge in [0.2, 0.25) is 11.8 Å². The number of methoxy groups -OCH3 is 1. The zero-order valence-electron chi connectivity index (χ0n) is 13.7. The summed E-state index contributed by atoms with van der Waals surface area (Å²) in [5.41, 5.74) is 2.28. The molecule has 0 unspecified atom stereocenters. The summed E-state index contributed by atoms with van der Waals surface area (Å²) in [6.45, 7) is 0. The number of nitrogens with one attached hydrogen (secondary N) is 1. The largest absolute Gasteiger partial charge is 0.464 e. The number of ether oxygens (including phenoxy) is 1. The number of rotatable bonds is 4. The number of carbonyl (C=O) groups is 2. The Kier molecular flexibility index (Phi) is 3.87. The molecule has 1 fully saturated rings. The van der Waals surface area contributed by atoms with Crippen LogP contribution in [0.5, 0.6) is 0 Å². The van der Waals surface area contributed by atoms with Gasteiger partial charge in [0.25, 0.3) is 0 Å². The minimum Gasteiger partial charge on any atom is -0.464 e. The summed E-state index contributed by atoms with van der Waals surface area (Å²) in [5.74, 6) is -1.15. The smallest absolute Gasteiger partial charge is 0.356 e. The maximum absolute atomic E-state index is 13.0. The predicted molar refractivity (Wildman–Crippen MR) is 90.2 cm³/mol. The van der Waals surface area contributed by atoms with Gasteiger partial charge in [-0.1, -0.05) is 0 Å². The van der Waals surface area contributed by atoms with Crippen LogP contribution in [0.25, 0.3) is 22.6 Å².